The normalized spacial score (nSPS) is 7.60. The standard InChI is InChI=1S/C6H12O.CHNO/c1-5(2)4-6(3)7;2-1-3/h5H,4H2,1-3H3;2H. The van der Waals surface area contributed by atoms with Crippen LogP contribution in [0.5, 0.6) is 0 Å². The molecule has 0 unspecified atom stereocenters. The Balaban J connectivity index is 0. The minimum Gasteiger partial charge on any atom is -0.300 e. The van der Waals surface area contributed by atoms with Crippen LogP contribution in [0.15, 0.2) is 0 Å². The summed E-state index contributed by atoms with van der Waals surface area (Å²) in [4.78, 5) is 18.6. The average molecular weight is 143 g/mol. The van der Waals surface area contributed by atoms with Crippen molar-refractivity contribution in [3.8, 4) is 0 Å². The Morgan fingerprint density at radius 2 is 1.90 bits per heavy atom. The lowest BCUT2D eigenvalue weighted by Crippen LogP contribution is -1.95. The molecule has 3 nitrogen and oxygen atoms in total. The first-order valence-corrected chi connectivity index (χ1v) is 3.07. The Labute approximate surface area is 60.9 Å². The summed E-state index contributed by atoms with van der Waals surface area (Å²) in [7, 11) is 0. The van der Waals surface area contributed by atoms with E-state index in [-0.39, 0.29) is 5.78 Å². The van der Waals surface area contributed by atoms with Gasteiger partial charge in [0.2, 0.25) is 6.08 Å². The minimum atomic E-state index is 0.287. The van der Waals surface area contributed by atoms with Crippen molar-refractivity contribution in [3.63, 3.8) is 0 Å². The van der Waals surface area contributed by atoms with Crippen LogP contribution in [0.3, 0.4) is 0 Å². The number of rotatable bonds is 2. The van der Waals surface area contributed by atoms with Gasteiger partial charge in [0, 0.05) is 6.42 Å². The first-order chi connectivity index (χ1) is 4.54. The molecule has 0 saturated heterocycles. The largest absolute Gasteiger partial charge is 0.300 e. The van der Waals surface area contributed by atoms with E-state index in [1.807, 2.05) is 13.8 Å². The molecule has 0 aromatic heterocycles. The summed E-state index contributed by atoms with van der Waals surface area (Å²) in [5.41, 5.74) is 0. The summed E-state index contributed by atoms with van der Waals surface area (Å²) < 4.78 is 0. The molecule has 3 heteroatoms. The number of carbonyl (C=O) groups is 1. The molecule has 0 heterocycles. The SMILES string of the molecule is CC(=O)CC(C)C.N=C=O. The molecule has 0 aliphatic carbocycles. The van der Waals surface area contributed by atoms with Crippen molar-refractivity contribution >= 4 is 11.9 Å². The van der Waals surface area contributed by atoms with Gasteiger partial charge in [-0.1, -0.05) is 13.8 Å². The van der Waals surface area contributed by atoms with Crippen LogP contribution >= 0.6 is 0 Å². The van der Waals surface area contributed by atoms with E-state index in [0.29, 0.717) is 5.92 Å². The number of hydrogen-bond donors (Lipinski definition) is 1. The highest BCUT2D eigenvalue weighted by atomic mass is 16.1. The topological polar surface area (TPSA) is 58.0 Å². The van der Waals surface area contributed by atoms with Crippen LogP contribution in [-0.2, 0) is 9.59 Å². The van der Waals surface area contributed by atoms with Crippen molar-refractivity contribution in [1.82, 2.24) is 0 Å². The molecule has 0 rings (SSSR count). The fourth-order valence-electron chi connectivity index (χ4n) is 0.575. The summed E-state index contributed by atoms with van der Waals surface area (Å²) in [6, 6.07) is 0. The maximum Gasteiger partial charge on any atom is 0.231 e. The van der Waals surface area contributed by atoms with Gasteiger partial charge in [-0.05, 0) is 12.8 Å². The van der Waals surface area contributed by atoms with Gasteiger partial charge in [0.15, 0.2) is 0 Å². The van der Waals surface area contributed by atoms with Crippen LogP contribution < -0.4 is 0 Å². The lowest BCUT2D eigenvalue weighted by Gasteiger charge is -1.95. The first-order valence-electron chi connectivity index (χ1n) is 3.07. The molecule has 0 aliphatic heterocycles. The third-order valence-corrected chi connectivity index (χ3v) is 0.696. The van der Waals surface area contributed by atoms with Crippen molar-refractivity contribution in [2.45, 2.75) is 27.2 Å². The zero-order chi connectivity index (χ0) is 8.57. The third-order valence-electron chi connectivity index (χ3n) is 0.696. The number of nitrogens with one attached hydrogen (secondary N) is 1. The van der Waals surface area contributed by atoms with Crippen LogP contribution in [0.1, 0.15) is 27.2 Å². The predicted molar refractivity (Wildman–Crippen MR) is 38.5 cm³/mol. The van der Waals surface area contributed by atoms with Gasteiger partial charge in [-0.3, -0.25) is 0 Å². The molecular weight excluding hydrogens is 130 g/mol. The molecule has 10 heavy (non-hydrogen) atoms. The minimum absolute atomic E-state index is 0.287. The summed E-state index contributed by atoms with van der Waals surface area (Å²) in [6.45, 7) is 5.71. The van der Waals surface area contributed by atoms with Crippen molar-refractivity contribution in [1.29, 1.82) is 5.41 Å². The van der Waals surface area contributed by atoms with E-state index in [4.69, 9.17) is 10.2 Å². The quantitative estimate of drug-likeness (QED) is 0.470. The average Bonchev–Trinajstić information content (AvgIpc) is 1.62. The maximum atomic E-state index is 10.3. The highest BCUT2D eigenvalue weighted by Gasteiger charge is 1.95. The van der Waals surface area contributed by atoms with Gasteiger partial charge in [-0.15, -0.1) is 0 Å². The zero-order valence-corrected chi connectivity index (χ0v) is 6.60. The van der Waals surface area contributed by atoms with Crippen molar-refractivity contribution < 1.29 is 9.59 Å². The lowest BCUT2D eigenvalue weighted by atomic mass is 10.1. The second-order valence-corrected chi connectivity index (χ2v) is 2.40. The third kappa shape index (κ3) is 27.7. The van der Waals surface area contributed by atoms with Gasteiger partial charge < -0.3 is 4.79 Å². The van der Waals surface area contributed by atoms with Crippen LogP contribution in [0.4, 0.5) is 0 Å². The highest BCUT2D eigenvalue weighted by Crippen LogP contribution is 1.97. The van der Waals surface area contributed by atoms with E-state index in [1.165, 1.54) is 0 Å². The van der Waals surface area contributed by atoms with Gasteiger partial charge in [0.05, 0.1) is 0 Å². The molecule has 1 N–H and O–H groups in total. The van der Waals surface area contributed by atoms with Crippen LogP contribution in [-0.4, -0.2) is 11.9 Å². The van der Waals surface area contributed by atoms with Crippen molar-refractivity contribution in [2.75, 3.05) is 0 Å². The van der Waals surface area contributed by atoms with E-state index >= 15 is 0 Å². The summed E-state index contributed by atoms with van der Waals surface area (Å²) in [5, 5.41) is 5.40. The number of carbonyl (C=O) groups excluding carboxylic acids is 2. The molecular formula is C7H13NO2. The van der Waals surface area contributed by atoms with E-state index in [9.17, 15) is 4.79 Å². The Bertz CT molecular complexity index is 124. The Morgan fingerprint density at radius 3 is 1.90 bits per heavy atom. The van der Waals surface area contributed by atoms with E-state index in [0.717, 1.165) is 12.5 Å². The zero-order valence-electron chi connectivity index (χ0n) is 6.60. The molecule has 58 valence electrons. The van der Waals surface area contributed by atoms with E-state index in [1.54, 1.807) is 6.92 Å². The number of Topliss-reactive ketones (excluding diaryl/α,β-unsaturated/α-hetero) is 1. The lowest BCUT2D eigenvalue weighted by molar-refractivity contribution is -0.117. The second kappa shape index (κ2) is 8.05. The second-order valence-electron chi connectivity index (χ2n) is 2.40. The summed E-state index contributed by atoms with van der Waals surface area (Å²) in [5.74, 6) is 0.813. The Morgan fingerprint density at radius 1 is 1.60 bits per heavy atom. The molecule has 0 bridgehead atoms. The smallest absolute Gasteiger partial charge is 0.231 e. The molecule has 0 aromatic rings. The highest BCUT2D eigenvalue weighted by molar-refractivity contribution is 5.75. The molecule has 0 spiro atoms. The van der Waals surface area contributed by atoms with Gasteiger partial charge in [0.25, 0.3) is 0 Å². The van der Waals surface area contributed by atoms with Gasteiger partial charge >= 0.3 is 0 Å². The molecule has 0 radical (unpaired) electrons. The number of ketones is 1. The first kappa shape index (κ1) is 11.8. The van der Waals surface area contributed by atoms with E-state index in [2.05, 4.69) is 0 Å². The molecule has 0 atom stereocenters. The number of hydrogen-bond acceptors (Lipinski definition) is 3. The fourth-order valence-corrected chi connectivity index (χ4v) is 0.575. The monoisotopic (exact) mass is 143 g/mol. The summed E-state index contributed by atoms with van der Waals surface area (Å²) >= 11 is 0. The number of isocyanates is 1. The van der Waals surface area contributed by atoms with Crippen molar-refractivity contribution in [2.24, 2.45) is 5.92 Å². The van der Waals surface area contributed by atoms with Gasteiger partial charge in [-0.2, -0.15) is 0 Å². The molecule has 0 fully saturated rings. The van der Waals surface area contributed by atoms with Crippen molar-refractivity contribution in [3.05, 3.63) is 0 Å². The maximum absolute atomic E-state index is 10.3. The van der Waals surface area contributed by atoms with E-state index < -0.39 is 0 Å². The predicted octanol–water partition coefficient (Wildman–Crippen LogP) is 1.52. The van der Waals surface area contributed by atoms with Crippen LogP contribution in [0.25, 0.3) is 0 Å². The van der Waals surface area contributed by atoms with Crippen LogP contribution in [0.2, 0.25) is 0 Å². The Hall–Kier alpha value is -0.950. The summed E-state index contributed by atoms with van der Waals surface area (Å²) in [6.07, 6.45) is 1.47. The molecule has 0 saturated carbocycles. The fraction of sp³-hybridized carbons (Fsp3) is 0.714. The van der Waals surface area contributed by atoms with Gasteiger partial charge in [-0.25, -0.2) is 10.2 Å². The van der Waals surface area contributed by atoms with Gasteiger partial charge in [0.1, 0.15) is 5.78 Å². The molecule has 0 aliphatic rings. The molecule has 0 amide bonds. The Kier molecular flexibility index (Phi) is 9.50. The molecule has 0 aromatic carbocycles. The van der Waals surface area contributed by atoms with Crippen LogP contribution in [0, 0.1) is 11.3 Å².